The summed E-state index contributed by atoms with van der Waals surface area (Å²) in [5, 5.41) is 5.02. The number of carbonyl (C=O) groups excluding carboxylic acids is 1. The van der Waals surface area contributed by atoms with Gasteiger partial charge in [0, 0.05) is 18.3 Å². The molecule has 0 aliphatic carbocycles. The largest absolute Gasteiger partial charge is 0.353 e. The van der Waals surface area contributed by atoms with Gasteiger partial charge in [-0.1, -0.05) is 0 Å². The minimum Gasteiger partial charge on any atom is -0.353 e. The smallest absolute Gasteiger partial charge is 0.238 e. The van der Waals surface area contributed by atoms with Crippen LogP contribution in [0.4, 0.5) is 0 Å². The molecule has 0 aromatic carbocycles. The normalized spacial score (nSPS) is 27.7. The van der Waals surface area contributed by atoms with Crippen molar-refractivity contribution in [2.45, 2.75) is 37.5 Å². The van der Waals surface area contributed by atoms with Crippen molar-refractivity contribution in [1.29, 1.82) is 0 Å². The first-order valence-electron chi connectivity index (χ1n) is 5.46. The Morgan fingerprint density at radius 1 is 1.56 bits per heavy atom. The predicted octanol–water partition coefficient (Wildman–Crippen LogP) is -0.322. The van der Waals surface area contributed by atoms with Crippen molar-refractivity contribution in [2.75, 3.05) is 19.3 Å². The molecule has 6 heteroatoms. The van der Waals surface area contributed by atoms with E-state index in [-0.39, 0.29) is 5.54 Å². The lowest BCUT2D eigenvalue weighted by atomic mass is 10.0. The van der Waals surface area contributed by atoms with E-state index in [0.29, 0.717) is 6.54 Å². The zero-order chi connectivity index (χ0) is 12.4. The summed E-state index contributed by atoms with van der Waals surface area (Å²) in [6.45, 7) is 4.88. The molecule has 0 bridgehead atoms. The third kappa shape index (κ3) is 3.45. The van der Waals surface area contributed by atoms with Gasteiger partial charge in [0.15, 0.2) is 9.84 Å². The van der Waals surface area contributed by atoms with E-state index in [4.69, 9.17) is 0 Å². The number of hydrogen-bond acceptors (Lipinski definition) is 4. The van der Waals surface area contributed by atoms with Gasteiger partial charge in [-0.3, -0.25) is 4.79 Å². The second kappa shape index (κ2) is 4.71. The van der Waals surface area contributed by atoms with Gasteiger partial charge in [-0.2, -0.15) is 0 Å². The summed E-state index contributed by atoms with van der Waals surface area (Å²) in [4.78, 5) is 11.6. The lowest BCUT2D eigenvalue weighted by Crippen LogP contribution is -2.50. The monoisotopic (exact) mass is 248 g/mol. The van der Waals surface area contributed by atoms with Crippen molar-refractivity contribution in [3.05, 3.63) is 0 Å². The second-order valence-corrected chi connectivity index (χ2v) is 7.15. The fraction of sp³-hybridized carbons (Fsp3) is 0.900. The predicted molar refractivity (Wildman–Crippen MR) is 63.0 cm³/mol. The van der Waals surface area contributed by atoms with Gasteiger partial charge in [-0.05, 0) is 33.2 Å². The maximum Gasteiger partial charge on any atom is 0.238 e. The molecule has 2 atom stereocenters. The lowest BCUT2D eigenvalue weighted by molar-refractivity contribution is -0.120. The highest BCUT2D eigenvalue weighted by Gasteiger charge is 2.30. The van der Waals surface area contributed by atoms with E-state index < -0.39 is 21.0 Å². The Balaban J connectivity index is 2.47. The van der Waals surface area contributed by atoms with Crippen LogP contribution in [0.25, 0.3) is 0 Å². The summed E-state index contributed by atoms with van der Waals surface area (Å²) in [7, 11) is -3.30. The molecule has 1 amide bonds. The van der Waals surface area contributed by atoms with E-state index in [9.17, 15) is 13.2 Å². The number of carbonyl (C=O) groups is 1. The quantitative estimate of drug-likeness (QED) is 0.715. The van der Waals surface area contributed by atoms with Crippen molar-refractivity contribution in [2.24, 2.45) is 0 Å². The molecule has 0 saturated carbocycles. The van der Waals surface area contributed by atoms with Gasteiger partial charge in [0.25, 0.3) is 0 Å². The van der Waals surface area contributed by atoms with Crippen molar-refractivity contribution in [3.63, 3.8) is 0 Å². The summed E-state index contributed by atoms with van der Waals surface area (Å²) in [5.41, 5.74) is -0.0904. The first-order chi connectivity index (χ1) is 7.25. The highest BCUT2D eigenvalue weighted by Crippen LogP contribution is 2.17. The molecule has 0 spiro atoms. The molecule has 1 aliphatic rings. The van der Waals surface area contributed by atoms with Crippen LogP contribution in [-0.4, -0.2) is 44.5 Å². The maximum absolute atomic E-state index is 11.6. The van der Waals surface area contributed by atoms with Crippen LogP contribution >= 0.6 is 0 Å². The number of amides is 1. The molecular weight excluding hydrogens is 228 g/mol. The molecular formula is C10H20N2O3S. The van der Waals surface area contributed by atoms with Gasteiger partial charge in [0.05, 0.1) is 0 Å². The van der Waals surface area contributed by atoms with E-state index in [1.807, 2.05) is 6.92 Å². The summed E-state index contributed by atoms with van der Waals surface area (Å²) < 4.78 is 22.3. The maximum atomic E-state index is 11.6. The molecule has 0 aromatic heterocycles. The number of hydrogen-bond donors (Lipinski definition) is 2. The van der Waals surface area contributed by atoms with Crippen LogP contribution in [0.3, 0.4) is 0 Å². The van der Waals surface area contributed by atoms with E-state index in [0.717, 1.165) is 25.6 Å². The third-order valence-electron chi connectivity index (χ3n) is 3.12. The van der Waals surface area contributed by atoms with Crippen LogP contribution in [0.15, 0.2) is 0 Å². The van der Waals surface area contributed by atoms with Crippen molar-refractivity contribution < 1.29 is 13.2 Å². The third-order valence-corrected chi connectivity index (χ3v) is 4.62. The van der Waals surface area contributed by atoms with Gasteiger partial charge in [-0.15, -0.1) is 0 Å². The first-order valence-corrected chi connectivity index (χ1v) is 7.42. The van der Waals surface area contributed by atoms with Gasteiger partial charge in [-0.25, -0.2) is 8.42 Å². The number of nitrogens with one attached hydrogen (secondary N) is 2. The Labute approximate surface area is 96.9 Å². The van der Waals surface area contributed by atoms with E-state index >= 15 is 0 Å². The SMILES string of the molecule is CC(C(=O)NCC1(C)CCCN1)S(C)(=O)=O. The Morgan fingerprint density at radius 2 is 2.19 bits per heavy atom. The first kappa shape index (κ1) is 13.4. The summed E-state index contributed by atoms with van der Waals surface area (Å²) >= 11 is 0. The Morgan fingerprint density at radius 3 is 2.62 bits per heavy atom. The van der Waals surface area contributed by atoms with Crippen LogP contribution in [-0.2, 0) is 14.6 Å². The van der Waals surface area contributed by atoms with Crippen molar-refractivity contribution in [1.82, 2.24) is 10.6 Å². The zero-order valence-corrected chi connectivity index (χ0v) is 10.9. The molecule has 1 saturated heterocycles. The lowest BCUT2D eigenvalue weighted by Gasteiger charge is -2.25. The molecule has 94 valence electrons. The van der Waals surface area contributed by atoms with E-state index in [1.165, 1.54) is 6.92 Å². The Bertz CT molecular complexity index is 358. The van der Waals surface area contributed by atoms with Crippen LogP contribution in [0.2, 0.25) is 0 Å². The average Bonchev–Trinajstić information content (AvgIpc) is 2.60. The van der Waals surface area contributed by atoms with E-state index in [1.54, 1.807) is 0 Å². The van der Waals surface area contributed by atoms with Crippen molar-refractivity contribution in [3.8, 4) is 0 Å². The second-order valence-electron chi connectivity index (χ2n) is 4.78. The molecule has 1 aliphatic heterocycles. The molecule has 5 nitrogen and oxygen atoms in total. The number of rotatable bonds is 4. The highest BCUT2D eigenvalue weighted by molar-refractivity contribution is 7.92. The molecule has 2 unspecified atom stereocenters. The van der Waals surface area contributed by atoms with Crippen LogP contribution in [0.1, 0.15) is 26.7 Å². The molecule has 0 radical (unpaired) electrons. The van der Waals surface area contributed by atoms with E-state index in [2.05, 4.69) is 10.6 Å². The van der Waals surface area contributed by atoms with Gasteiger partial charge in [0.2, 0.25) is 5.91 Å². The molecule has 1 heterocycles. The van der Waals surface area contributed by atoms with Gasteiger partial charge >= 0.3 is 0 Å². The standard InChI is InChI=1S/C10H20N2O3S/c1-8(16(3,14)15)9(13)11-7-10(2)5-4-6-12-10/h8,12H,4-7H2,1-3H3,(H,11,13). The fourth-order valence-electron chi connectivity index (χ4n) is 1.73. The summed E-state index contributed by atoms with van der Waals surface area (Å²) in [6, 6.07) is 0. The Kier molecular flexibility index (Phi) is 3.96. The minimum atomic E-state index is -3.30. The van der Waals surface area contributed by atoms with Crippen LogP contribution in [0.5, 0.6) is 0 Å². The highest BCUT2D eigenvalue weighted by atomic mass is 32.2. The Hall–Kier alpha value is -0.620. The fourth-order valence-corrected chi connectivity index (χ4v) is 2.20. The summed E-state index contributed by atoms with van der Waals surface area (Å²) in [6.07, 6.45) is 3.17. The molecule has 0 aromatic rings. The molecule has 16 heavy (non-hydrogen) atoms. The summed E-state index contributed by atoms with van der Waals surface area (Å²) in [5.74, 6) is -0.419. The molecule has 1 fully saturated rings. The van der Waals surface area contributed by atoms with Gasteiger partial charge < -0.3 is 10.6 Å². The minimum absolute atomic E-state index is 0.0904. The van der Waals surface area contributed by atoms with Crippen molar-refractivity contribution >= 4 is 15.7 Å². The molecule has 2 N–H and O–H groups in total. The van der Waals surface area contributed by atoms with Crippen LogP contribution < -0.4 is 10.6 Å². The zero-order valence-electron chi connectivity index (χ0n) is 10.0. The van der Waals surface area contributed by atoms with Gasteiger partial charge in [0.1, 0.15) is 5.25 Å². The average molecular weight is 248 g/mol. The topological polar surface area (TPSA) is 75.3 Å². The molecule has 1 rings (SSSR count). The van der Waals surface area contributed by atoms with Crippen LogP contribution in [0, 0.1) is 0 Å². The number of sulfone groups is 1.